The van der Waals surface area contributed by atoms with Crippen molar-refractivity contribution < 1.29 is 0 Å². The molecule has 2 heterocycles. The van der Waals surface area contributed by atoms with E-state index < -0.39 is 0 Å². The van der Waals surface area contributed by atoms with Gasteiger partial charge in [-0.2, -0.15) is 0 Å². The van der Waals surface area contributed by atoms with Crippen LogP contribution >= 0.6 is 0 Å². The van der Waals surface area contributed by atoms with Crippen LogP contribution in [-0.4, -0.2) is 44.1 Å². The molecule has 0 bridgehead atoms. The Morgan fingerprint density at radius 3 is 2.45 bits per heavy atom. The lowest BCUT2D eigenvalue weighted by Crippen LogP contribution is -2.68. The van der Waals surface area contributed by atoms with Crippen LogP contribution in [0.2, 0.25) is 0 Å². The molecule has 1 aliphatic rings. The molecule has 20 heavy (non-hydrogen) atoms. The molecule has 0 aromatic carbocycles. The van der Waals surface area contributed by atoms with Gasteiger partial charge in [-0.1, -0.05) is 26.0 Å². The molecule has 5 heteroatoms. The Labute approximate surface area is 122 Å². The Morgan fingerprint density at radius 1 is 1.25 bits per heavy atom. The van der Waals surface area contributed by atoms with Crippen molar-refractivity contribution in [3.8, 4) is 0 Å². The van der Waals surface area contributed by atoms with Crippen LogP contribution in [0.1, 0.15) is 52.7 Å². The summed E-state index contributed by atoms with van der Waals surface area (Å²) >= 11 is 0. The molecule has 1 unspecified atom stereocenters. The number of hydrogen-bond donors (Lipinski definition) is 1. The molecule has 1 aromatic heterocycles. The summed E-state index contributed by atoms with van der Waals surface area (Å²) in [5.41, 5.74) is 1.52. The lowest BCUT2D eigenvalue weighted by molar-refractivity contribution is -0.00493. The van der Waals surface area contributed by atoms with Crippen LogP contribution in [0.25, 0.3) is 0 Å². The molecule has 2 rings (SSSR count). The number of nitrogens with one attached hydrogen (secondary N) is 1. The van der Waals surface area contributed by atoms with Crippen molar-refractivity contribution in [1.82, 2.24) is 25.2 Å². The minimum atomic E-state index is 0.204. The van der Waals surface area contributed by atoms with Crippen molar-refractivity contribution in [3.05, 3.63) is 11.9 Å². The van der Waals surface area contributed by atoms with Gasteiger partial charge in [0.2, 0.25) is 0 Å². The number of nitrogens with zero attached hydrogens (tertiary/aromatic N) is 4. The predicted molar refractivity (Wildman–Crippen MR) is 81.4 cm³/mol. The summed E-state index contributed by atoms with van der Waals surface area (Å²) in [6.45, 7) is 12.2. The molecule has 1 atom stereocenters. The molecule has 5 nitrogen and oxygen atoms in total. The van der Waals surface area contributed by atoms with E-state index in [9.17, 15) is 0 Å². The molecule has 0 saturated carbocycles. The molecule has 1 fully saturated rings. The van der Waals surface area contributed by atoms with Gasteiger partial charge in [-0.25, -0.2) is 0 Å². The van der Waals surface area contributed by atoms with Gasteiger partial charge in [0.25, 0.3) is 0 Å². The first-order valence-corrected chi connectivity index (χ1v) is 7.82. The topological polar surface area (TPSA) is 46.0 Å². The van der Waals surface area contributed by atoms with E-state index in [0.717, 1.165) is 44.6 Å². The molecular formula is C15H29N5. The quantitative estimate of drug-likeness (QED) is 0.895. The van der Waals surface area contributed by atoms with Crippen LogP contribution in [-0.2, 0) is 13.6 Å². The van der Waals surface area contributed by atoms with Gasteiger partial charge in [0.15, 0.2) is 0 Å². The van der Waals surface area contributed by atoms with Gasteiger partial charge in [-0.3, -0.25) is 9.58 Å². The number of aromatic nitrogens is 3. The van der Waals surface area contributed by atoms with Gasteiger partial charge in [0.05, 0.1) is 5.69 Å². The van der Waals surface area contributed by atoms with E-state index in [1.807, 2.05) is 13.2 Å². The van der Waals surface area contributed by atoms with Crippen molar-refractivity contribution in [2.24, 2.45) is 7.05 Å². The molecule has 114 valence electrons. The molecule has 0 radical (unpaired) electrons. The highest BCUT2D eigenvalue weighted by atomic mass is 15.4. The molecule has 1 aromatic rings. The van der Waals surface area contributed by atoms with Crippen molar-refractivity contribution in [1.29, 1.82) is 0 Å². The SMILES string of the molecule is CCC1(C)CN(Cc2cn(C)nn2)C(CC)(CC)CN1. The normalized spacial score (nSPS) is 26.9. The predicted octanol–water partition coefficient (Wildman–Crippen LogP) is 1.95. The zero-order valence-electron chi connectivity index (χ0n) is 13.6. The van der Waals surface area contributed by atoms with E-state index in [1.54, 1.807) is 4.68 Å². The monoisotopic (exact) mass is 279 g/mol. The summed E-state index contributed by atoms with van der Waals surface area (Å²) < 4.78 is 1.79. The lowest BCUT2D eigenvalue weighted by atomic mass is 9.82. The van der Waals surface area contributed by atoms with E-state index in [0.29, 0.717) is 0 Å². The molecular weight excluding hydrogens is 250 g/mol. The largest absolute Gasteiger partial charge is 0.308 e. The third kappa shape index (κ3) is 2.88. The average Bonchev–Trinajstić information content (AvgIpc) is 2.85. The van der Waals surface area contributed by atoms with Gasteiger partial charge in [0.1, 0.15) is 0 Å². The Balaban J connectivity index is 2.21. The first-order valence-electron chi connectivity index (χ1n) is 7.82. The van der Waals surface area contributed by atoms with Gasteiger partial charge < -0.3 is 5.32 Å². The summed E-state index contributed by atoms with van der Waals surface area (Å²) in [4.78, 5) is 2.62. The summed E-state index contributed by atoms with van der Waals surface area (Å²) in [5, 5.41) is 12.1. The van der Waals surface area contributed by atoms with E-state index in [2.05, 4.69) is 48.2 Å². The molecule has 1 aliphatic heterocycles. The van der Waals surface area contributed by atoms with Crippen LogP contribution in [0.4, 0.5) is 0 Å². The van der Waals surface area contributed by atoms with Crippen molar-refractivity contribution in [2.45, 2.75) is 64.6 Å². The first-order chi connectivity index (χ1) is 9.47. The highest BCUT2D eigenvalue weighted by Crippen LogP contribution is 2.32. The third-order valence-electron chi connectivity index (χ3n) is 5.15. The summed E-state index contributed by atoms with van der Waals surface area (Å²) in [5.74, 6) is 0. The molecule has 0 amide bonds. The first kappa shape index (κ1) is 15.4. The molecule has 0 aliphatic carbocycles. The van der Waals surface area contributed by atoms with Gasteiger partial charge in [-0.05, 0) is 26.2 Å². The van der Waals surface area contributed by atoms with E-state index in [4.69, 9.17) is 0 Å². The average molecular weight is 279 g/mol. The van der Waals surface area contributed by atoms with Crippen LogP contribution < -0.4 is 5.32 Å². The summed E-state index contributed by atoms with van der Waals surface area (Å²) in [6.07, 6.45) is 5.50. The Bertz CT molecular complexity index is 437. The molecule has 1 N–H and O–H groups in total. The zero-order valence-corrected chi connectivity index (χ0v) is 13.6. The third-order valence-corrected chi connectivity index (χ3v) is 5.15. The smallest absolute Gasteiger partial charge is 0.0967 e. The fraction of sp³-hybridized carbons (Fsp3) is 0.867. The van der Waals surface area contributed by atoms with Gasteiger partial charge >= 0.3 is 0 Å². The summed E-state index contributed by atoms with van der Waals surface area (Å²) in [7, 11) is 1.93. The van der Waals surface area contributed by atoms with Crippen LogP contribution in [0.5, 0.6) is 0 Å². The molecule has 1 saturated heterocycles. The lowest BCUT2D eigenvalue weighted by Gasteiger charge is -2.53. The fourth-order valence-electron chi connectivity index (χ4n) is 3.21. The Hall–Kier alpha value is -0.940. The van der Waals surface area contributed by atoms with Crippen LogP contribution in [0.3, 0.4) is 0 Å². The Morgan fingerprint density at radius 2 is 1.95 bits per heavy atom. The van der Waals surface area contributed by atoms with Crippen LogP contribution in [0, 0.1) is 0 Å². The number of aryl methyl sites for hydroxylation is 1. The second kappa shape index (κ2) is 5.82. The minimum Gasteiger partial charge on any atom is -0.308 e. The Kier molecular flexibility index (Phi) is 4.49. The van der Waals surface area contributed by atoms with Crippen LogP contribution in [0.15, 0.2) is 6.20 Å². The van der Waals surface area contributed by atoms with Gasteiger partial charge in [0, 0.05) is 44.0 Å². The van der Waals surface area contributed by atoms with Gasteiger partial charge in [-0.15, -0.1) is 5.10 Å². The van der Waals surface area contributed by atoms with E-state index in [1.165, 1.54) is 0 Å². The number of piperazine rings is 1. The fourth-order valence-corrected chi connectivity index (χ4v) is 3.21. The minimum absolute atomic E-state index is 0.204. The van der Waals surface area contributed by atoms with E-state index >= 15 is 0 Å². The van der Waals surface area contributed by atoms with Crippen molar-refractivity contribution in [2.75, 3.05) is 13.1 Å². The summed E-state index contributed by atoms with van der Waals surface area (Å²) in [6, 6.07) is 0. The number of rotatable bonds is 5. The second-order valence-corrected chi connectivity index (χ2v) is 6.44. The second-order valence-electron chi connectivity index (χ2n) is 6.44. The highest BCUT2D eigenvalue weighted by Gasteiger charge is 2.42. The maximum Gasteiger partial charge on any atom is 0.0967 e. The number of hydrogen-bond acceptors (Lipinski definition) is 4. The van der Waals surface area contributed by atoms with Crippen molar-refractivity contribution in [3.63, 3.8) is 0 Å². The standard InChI is InChI=1S/C15H29N5/c1-6-14(4)12-20(10-13-9-19(5)18-17-13)15(7-2,8-3)11-16-14/h9,16H,6-8,10-12H2,1-5H3. The molecule has 0 spiro atoms. The zero-order chi connectivity index (χ0) is 14.8. The van der Waals surface area contributed by atoms with Crippen molar-refractivity contribution >= 4 is 0 Å². The maximum atomic E-state index is 4.27. The maximum absolute atomic E-state index is 4.27. The van der Waals surface area contributed by atoms with E-state index in [-0.39, 0.29) is 11.1 Å². The highest BCUT2D eigenvalue weighted by molar-refractivity contribution is 5.05.